The van der Waals surface area contributed by atoms with Crippen LogP contribution in [0.2, 0.25) is 0 Å². The second-order valence-electron chi connectivity index (χ2n) is 23.6. The Labute approximate surface area is 381 Å². The van der Waals surface area contributed by atoms with Gasteiger partial charge in [0, 0.05) is 12.8 Å². The molecule has 4 aliphatic heterocycles. The molecule has 0 aromatic rings. The average molecular weight is 929 g/mol. The molecule has 9 aliphatic rings. The molecule has 18 heteroatoms. The van der Waals surface area contributed by atoms with Crippen molar-refractivity contribution in [2.24, 2.45) is 44.8 Å². The number of aliphatic hydroxyl groups excluding tert-OH is 8. The second kappa shape index (κ2) is 16.5. The Morgan fingerprint density at radius 3 is 1.83 bits per heavy atom. The highest BCUT2D eigenvalue weighted by molar-refractivity contribution is 5.66. The fraction of sp³-hybridized carbons (Fsp3) is 0.979. The lowest BCUT2D eigenvalue weighted by Crippen LogP contribution is -2.65. The van der Waals surface area contributed by atoms with E-state index in [9.17, 15) is 50.8 Å². The molecule has 5 saturated carbocycles. The van der Waals surface area contributed by atoms with E-state index >= 15 is 0 Å². The highest BCUT2D eigenvalue weighted by Crippen LogP contribution is 2.89. The van der Waals surface area contributed by atoms with E-state index in [-0.39, 0.29) is 65.3 Å². The van der Waals surface area contributed by atoms with E-state index < -0.39 is 115 Å². The van der Waals surface area contributed by atoms with Crippen molar-refractivity contribution in [1.29, 1.82) is 0 Å². The maximum Gasteiger partial charge on any atom is 0.303 e. The molecule has 372 valence electrons. The lowest BCUT2D eigenvalue weighted by atomic mass is 9.41. The van der Waals surface area contributed by atoms with Gasteiger partial charge in [0.15, 0.2) is 31.1 Å². The maximum atomic E-state index is 12.4. The zero-order chi connectivity index (χ0) is 47.2. The summed E-state index contributed by atoms with van der Waals surface area (Å²) >= 11 is 0. The summed E-state index contributed by atoms with van der Waals surface area (Å²) in [5.74, 6) is -1.02. The van der Waals surface area contributed by atoms with E-state index in [2.05, 4.69) is 34.6 Å². The van der Waals surface area contributed by atoms with Gasteiger partial charge in [0.1, 0.15) is 42.7 Å². The fourth-order valence-corrected chi connectivity index (χ4v) is 16.1. The van der Waals surface area contributed by atoms with Gasteiger partial charge in [-0.3, -0.25) is 4.79 Å². The molecular formula is C47H76O18. The first-order chi connectivity index (χ1) is 30.2. The molecule has 9 fully saturated rings. The molecule has 0 unspecified atom stereocenters. The van der Waals surface area contributed by atoms with Crippen molar-refractivity contribution < 1.29 is 88.6 Å². The Bertz CT molecular complexity index is 1780. The highest BCUT2D eigenvalue weighted by Gasteiger charge is 2.85. The molecule has 0 amide bonds. The third-order valence-electron chi connectivity index (χ3n) is 19.2. The van der Waals surface area contributed by atoms with Gasteiger partial charge >= 0.3 is 5.97 Å². The minimum absolute atomic E-state index is 0.0791. The molecule has 0 bridgehead atoms. The van der Waals surface area contributed by atoms with Crippen LogP contribution in [0.15, 0.2) is 0 Å². The quantitative estimate of drug-likeness (QED) is 0.112. The third-order valence-corrected chi connectivity index (χ3v) is 19.2. The number of hydrogen-bond donors (Lipinski definition) is 9. The predicted molar refractivity (Wildman–Crippen MR) is 224 cm³/mol. The predicted octanol–water partition coefficient (Wildman–Crippen LogP) is 0.397. The van der Waals surface area contributed by atoms with Crippen LogP contribution in [0.4, 0.5) is 0 Å². The lowest BCUT2D eigenvalue weighted by Gasteiger charge is -2.65. The standard InChI is InChI=1S/C47H76O18/c1-21(48)61-34-25(52)19-60-40(35(34)64-39-33(56)31(54)24(51)18-59-39)63-28-10-12-47-20-46(47)14-13-43(6)36(45(8)11-9-29(65-45)42(4,5)57)22(49)16-44(43,7)27(46)15-26(37(47)41(28,2)3)62-38-32(55)30(53)23(50)17-58-38/h22-40,49-57H,9-20H2,1-8H3/t22-,23+,24-,25+,26-,27-,28-,29-,30-,31-,32+,33+,34-,35+,36-,37-,38-,39-,40-,43+,44-,45+,46-,47+/m0/s1. The molecule has 5 aliphatic carbocycles. The summed E-state index contributed by atoms with van der Waals surface area (Å²) in [5, 5.41) is 98.3. The fourth-order valence-electron chi connectivity index (χ4n) is 16.1. The molecule has 65 heavy (non-hydrogen) atoms. The van der Waals surface area contributed by atoms with Crippen molar-refractivity contribution in [2.75, 3.05) is 19.8 Å². The summed E-state index contributed by atoms with van der Waals surface area (Å²) in [6, 6.07) is 0. The lowest BCUT2D eigenvalue weighted by molar-refractivity contribution is -0.359. The Hall–Kier alpha value is -1.17. The number of ether oxygens (including phenoxy) is 8. The van der Waals surface area contributed by atoms with E-state index in [1.807, 2.05) is 0 Å². The normalized spacial score (nSPS) is 56.2. The van der Waals surface area contributed by atoms with Gasteiger partial charge in [-0.2, -0.15) is 0 Å². The van der Waals surface area contributed by atoms with Crippen LogP contribution in [-0.2, 0) is 42.7 Å². The second-order valence-corrected chi connectivity index (χ2v) is 23.6. The van der Waals surface area contributed by atoms with Gasteiger partial charge in [-0.1, -0.05) is 27.7 Å². The SMILES string of the molecule is CC(=O)O[C@@H]1[C@@H](O[C@@H]2OC[C@H](O)[C@H](O)[C@H]2O)[C@H](O[C@H]2CC[C@]34C[C@]35CC[C@]3(C)[C@@H]([C@@]6(C)CC[C@@H](C(C)(C)O)O6)[C@@H](O)C[C@@]3(C)[C@@H]5C[C@H](O[C@@H]3OC[C@@H](O)[C@H](O)[C@H]3O)[C@H]4C2(C)C)OC[C@H]1O. The van der Waals surface area contributed by atoms with Crippen molar-refractivity contribution in [3.63, 3.8) is 0 Å². The molecule has 18 nitrogen and oxygen atoms in total. The van der Waals surface area contributed by atoms with Crippen LogP contribution >= 0.6 is 0 Å². The van der Waals surface area contributed by atoms with E-state index in [1.165, 1.54) is 6.92 Å². The first-order valence-corrected chi connectivity index (χ1v) is 24.1. The number of rotatable bonds is 9. The minimum Gasteiger partial charge on any atom is -0.457 e. The summed E-state index contributed by atoms with van der Waals surface area (Å²) in [5.41, 5.74) is -3.47. The average Bonchev–Trinajstić information content (AvgIpc) is 3.58. The largest absolute Gasteiger partial charge is 0.457 e. The van der Waals surface area contributed by atoms with Crippen molar-refractivity contribution in [3.8, 4) is 0 Å². The van der Waals surface area contributed by atoms with Gasteiger partial charge in [0.25, 0.3) is 0 Å². The summed E-state index contributed by atoms with van der Waals surface area (Å²) in [6.07, 6.45) is -12.5. The first-order valence-electron chi connectivity index (χ1n) is 24.1. The molecule has 24 atom stereocenters. The van der Waals surface area contributed by atoms with E-state index in [0.29, 0.717) is 25.7 Å². The van der Waals surface area contributed by atoms with E-state index in [4.69, 9.17) is 37.9 Å². The van der Waals surface area contributed by atoms with Crippen LogP contribution in [0, 0.1) is 44.8 Å². The van der Waals surface area contributed by atoms with Crippen molar-refractivity contribution in [2.45, 2.75) is 223 Å². The van der Waals surface area contributed by atoms with Gasteiger partial charge in [-0.15, -0.1) is 0 Å². The molecule has 9 N–H and O–H groups in total. The van der Waals surface area contributed by atoms with Crippen molar-refractivity contribution in [3.05, 3.63) is 0 Å². The van der Waals surface area contributed by atoms with Gasteiger partial charge in [0.2, 0.25) is 0 Å². The minimum atomic E-state index is -1.69. The van der Waals surface area contributed by atoms with Crippen LogP contribution in [0.5, 0.6) is 0 Å². The molecule has 0 radical (unpaired) electrons. The zero-order valence-electron chi connectivity index (χ0n) is 39.2. The molecule has 4 heterocycles. The number of aliphatic hydroxyl groups is 9. The van der Waals surface area contributed by atoms with Gasteiger partial charge in [-0.05, 0) is 117 Å². The maximum absolute atomic E-state index is 12.4. The zero-order valence-corrected chi connectivity index (χ0v) is 39.2. The molecule has 4 saturated heterocycles. The number of esters is 1. The number of carbonyl (C=O) groups is 1. The van der Waals surface area contributed by atoms with Gasteiger partial charge in [-0.25, -0.2) is 0 Å². The Balaban J connectivity index is 1.04. The summed E-state index contributed by atoms with van der Waals surface area (Å²) in [6.45, 7) is 14.9. The summed E-state index contributed by atoms with van der Waals surface area (Å²) < 4.78 is 50.1. The van der Waals surface area contributed by atoms with E-state index in [1.54, 1.807) is 13.8 Å². The van der Waals surface area contributed by atoms with Crippen molar-refractivity contribution >= 4 is 5.97 Å². The van der Waals surface area contributed by atoms with Crippen LogP contribution in [0.3, 0.4) is 0 Å². The van der Waals surface area contributed by atoms with Crippen LogP contribution in [0.1, 0.15) is 113 Å². The monoisotopic (exact) mass is 929 g/mol. The van der Waals surface area contributed by atoms with Gasteiger partial charge in [0.05, 0.1) is 55.4 Å². The molecule has 9 rings (SSSR count). The Kier molecular flexibility index (Phi) is 12.4. The molecular weight excluding hydrogens is 852 g/mol. The first kappa shape index (κ1) is 48.8. The van der Waals surface area contributed by atoms with Crippen LogP contribution < -0.4 is 0 Å². The molecule has 2 spiro atoms. The Morgan fingerprint density at radius 2 is 1.23 bits per heavy atom. The van der Waals surface area contributed by atoms with Crippen LogP contribution in [0.25, 0.3) is 0 Å². The third kappa shape index (κ3) is 7.44. The molecule has 0 aromatic heterocycles. The molecule has 0 aromatic carbocycles. The number of fused-ring (bicyclic) bond motifs is 2. The van der Waals surface area contributed by atoms with E-state index in [0.717, 1.165) is 32.1 Å². The Morgan fingerprint density at radius 1 is 0.631 bits per heavy atom. The van der Waals surface area contributed by atoms with Crippen LogP contribution in [-0.4, -0.2) is 181 Å². The smallest absolute Gasteiger partial charge is 0.303 e. The highest BCUT2D eigenvalue weighted by atomic mass is 16.8. The number of carbonyl (C=O) groups excluding carboxylic acids is 1. The van der Waals surface area contributed by atoms with Gasteiger partial charge < -0.3 is 83.9 Å². The summed E-state index contributed by atoms with van der Waals surface area (Å²) in [4.78, 5) is 12.4. The summed E-state index contributed by atoms with van der Waals surface area (Å²) in [7, 11) is 0. The number of hydrogen-bond acceptors (Lipinski definition) is 18. The van der Waals surface area contributed by atoms with Crippen molar-refractivity contribution in [1.82, 2.24) is 0 Å². The topological polar surface area (TPSA) is 273 Å².